The van der Waals surface area contributed by atoms with Crippen LogP contribution < -0.4 is 4.74 Å². The molecule has 0 aliphatic rings. The molecule has 0 saturated heterocycles. The van der Waals surface area contributed by atoms with Crippen molar-refractivity contribution < 1.29 is 19.0 Å². The minimum atomic E-state index is -1.11. The van der Waals surface area contributed by atoms with Gasteiger partial charge in [-0.05, 0) is 29.8 Å². The van der Waals surface area contributed by atoms with Gasteiger partial charge in [0.25, 0.3) is 0 Å². The molecule has 6 heteroatoms. The van der Waals surface area contributed by atoms with Crippen LogP contribution in [0.2, 0.25) is 5.02 Å². The van der Waals surface area contributed by atoms with E-state index in [1.807, 2.05) is 0 Å². The molecule has 2 rings (SSSR count). The minimum absolute atomic E-state index is 0.0180. The lowest BCUT2D eigenvalue weighted by Gasteiger charge is -2.07. The lowest BCUT2D eigenvalue weighted by Crippen LogP contribution is -2.03. The Balaban J connectivity index is 2.07. The van der Waals surface area contributed by atoms with Crippen molar-refractivity contribution in [3.05, 3.63) is 58.6 Å². The van der Waals surface area contributed by atoms with Crippen LogP contribution in [-0.4, -0.2) is 16.1 Å². The first-order valence-electron chi connectivity index (χ1n) is 5.32. The predicted molar refractivity (Wildman–Crippen MR) is 66.9 cm³/mol. The number of nitrogens with zero attached hydrogens (tertiary/aromatic N) is 1. The van der Waals surface area contributed by atoms with Gasteiger partial charge in [-0.15, -0.1) is 0 Å². The van der Waals surface area contributed by atoms with E-state index in [0.29, 0.717) is 11.3 Å². The van der Waals surface area contributed by atoms with Crippen LogP contribution in [0.15, 0.2) is 36.5 Å². The summed E-state index contributed by atoms with van der Waals surface area (Å²) in [6, 6.07) is 7.11. The summed E-state index contributed by atoms with van der Waals surface area (Å²) in [5.74, 6) is -1.37. The maximum absolute atomic E-state index is 13.2. The van der Waals surface area contributed by atoms with Crippen molar-refractivity contribution in [1.82, 2.24) is 4.98 Å². The van der Waals surface area contributed by atoms with Crippen molar-refractivity contribution in [3.8, 4) is 5.75 Å². The summed E-state index contributed by atoms with van der Waals surface area (Å²) in [7, 11) is 0. The topological polar surface area (TPSA) is 59.4 Å². The van der Waals surface area contributed by atoms with Crippen LogP contribution >= 0.6 is 11.6 Å². The Bertz CT molecular complexity index is 619. The standard InChI is InChI=1S/C13H9ClFNO3/c14-10-2-1-9(6-11(10)15)19-7-8-3-4-16-12(5-8)13(17)18/h1-6H,7H2,(H,17,18). The number of carbonyl (C=O) groups is 1. The number of hydrogen-bond acceptors (Lipinski definition) is 3. The first-order valence-corrected chi connectivity index (χ1v) is 5.70. The molecule has 1 N–H and O–H groups in total. The average Bonchev–Trinajstić information content (AvgIpc) is 2.40. The van der Waals surface area contributed by atoms with E-state index in [0.717, 1.165) is 0 Å². The van der Waals surface area contributed by atoms with E-state index < -0.39 is 11.8 Å². The van der Waals surface area contributed by atoms with Crippen LogP contribution in [-0.2, 0) is 6.61 Å². The molecule has 2 aromatic rings. The van der Waals surface area contributed by atoms with Crippen LogP contribution in [0.5, 0.6) is 5.75 Å². The number of halogens is 2. The zero-order valence-corrected chi connectivity index (χ0v) is 10.4. The number of carboxylic acids is 1. The third-order valence-electron chi connectivity index (χ3n) is 2.34. The van der Waals surface area contributed by atoms with Gasteiger partial charge < -0.3 is 9.84 Å². The maximum Gasteiger partial charge on any atom is 0.354 e. The average molecular weight is 282 g/mol. The van der Waals surface area contributed by atoms with Gasteiger partial charge >= 0.3 is 5.97 Å². The summed E-state index contributed by atoms with van der Waals surface area (Å²) in [6.45, 7) is 0.115. The lowest BCUT2D eigenvalue weighted by molar-refractivity contribution is 0.0690. The molecule has 1 heterocycles. The zero-order valence-electron chi connectivity index (χ0n) is 9.64. The van der Waals surface area contributed by atoms with Crippen LogP contribution in [0, 0.1) is 5.82 Å². The predicted octanol–water partition coefficient (Wildman–Crippen LogP) is 3.15. The summed E-state index contributed by atoms with van der Waals surface area (Å²) >= 11 is 5.55. The summed E-state index contributed by atoms with van der Waals surface area (Å²) < 4.78 is 18.5. The van der Waals surface area contributed by atoms with Crippen molar-refractivity contribution in [3.63, 3.8) is 0 Å². The zero-order chi connectivity index (χ0) is 13.8. The quantitative estimate of drug-likeness (QED) is 0.935. The Kier molecular flexibility index (Phi) is 3.97. The van der Waals surface area contributed by atoms with Crippen molar-refractivity contribution in [1.29, 1.82) is 0 Å². The van der Waals surface area contributed by atoms with E-state index in [4.69, 9.17) is 21.4 Å². The van der Waals surface area contributed by atoms with E-state index in [9.17, 15) is 9.18 Å². The summed E-state index contributed by atoms with van der Waals surface area (Å²) in [5, 5.41) is 8.81. The summed E-state index contributed by atoms with van der Waals surface area (Å²) in [6.07, 6.45) is 1.38. The number of ether oxygens (including phenoxy) is 1. The molecule has 0 radical (unpaired) electrons. The fourth-order valence-electron chi connectivity index (χ4n) is 1.41. The first kappa shape index (κ1) is 13.3. The summed E-state index contributed by atoms with van der Waals surface area (Å²) in [4.78, 5) is 14.4. The van der Waals surface area contributed by atoms with Crippen LogP contribution in [0.25, 0.3) is 0 Å². The highest BCUT2D eigenvalue weighted by Gasteiger charge is 2.06. The number of hydrogen-bond donors (Lipinski definition) is 1. The largest absolute Gasteiger partial charge is 0.489 e. The van der Waals surface area contributed by atoms with Gasteiger partial charge in [0.05, 0.1) is 5.02 Å². The Hall–Kier alpha value is -2.14. The van der Waals surface area contributed by atoms with E-state index in [1.165, 1.54) is 30.5 Å². The molecular weight excluding hydrogens is 273 g/mol. The van der Waals surface area contributed by atoms with Crippen LogP contribution in [0.3, 0.4) is 0 Å². The number of pyridine rings is 1. The molecule has 0 bridgehead atoms. The lowest BCUT2D eigenvalue weighted by atomic mass is 10.2. The van der Waals surface area contributed by atoms with Crippen molar-refractivity contribution in [2.75, 3.05) is 0 Å². The highest BCUT2D eigenvalue weighted by Crippen LogP contribution is 2.21. The number of benzene rings is 1. The van der Waals surface area contributed by atoms with Crippen molar-refractivity contribution >= 4 is 17.6 Å². The second kappa shape index (κ2) is 5.67. The third kappa shape index (κ3) is 3.42. The molecule has 0 aliphatic carbocycles. The fourth-order valence-corrected chi connectivity index (χ4v) is 1.53. The Morgan fingerprint density at radius 1 is 1.37 bits per heavy atom. The highest BCUT2D eigenvalue weighted by molar-refractivity contribution is 6.30. The third-order valence-corrected chi connectivity index (χ3v) is 2.65. The van der Waals surface area contributed by atoms with Crippen LogP contribution in [0.1, 0.15) is 16.1 Å². The smallest absolute Gasteiger partial charge is 0.354 e. The molecule has 1 aromatic carbocycles. The Labute approximate surface area is 113 Å². The maximum atomic E-state index is 13.2. The monoisotopic (exact) mass is 281 g/mol. The van der Waals surface area contributed by atoms with E-state index >= 15 is 0 Å². The van der Waals surface area contributed by atoms with Gasteiger partial charge in [0.2, 0.25) is 0 Å². The number of aromatic carboxylic acids is 1. The Morgan fingerprint density at radius 2 is 2.16 bits per heavy atom. The van der Waals surface area contributed by atoms with E-state index in [1.54, 1.807) is 6.07 Å². The Morgan fingerprint density at radius 3 is 2.84 bits per heavy atom. The van der Waals surface area contributed by atoms with Gasteiger partial charge in [-0.2, -0.15) is 0 Å². The number of rotatable bonds is 4. The van der Waals surface area contributed by atoms with E-state index in [2.05, 4.69) is 4.98 Å². The molecule has 0 unspecified atom stereocenters. The fraction of sp³-hybridized carbons (Fsp3) is 0.0769. The van der Waals surface area contributed by atoms with Gasteiger partial charge in [-0.25, -0.2) is 14.2 Å². The molecule has 0 fully saturated rings. The molecule has 4 nitrogen and oxygen atoms in total. The molecule has 19 heavy (non-hydrogen) atoms. The number of carboxylic acid groups (broad SMARTS) is 1. The molecule has 0 spiro atoms. The van der Waals surface area contributed by atoms with Gasteiger partial charge in [0.15, 0.2) is 0 Å². The van der Waals surface area contributed by atoms with Gasteiger partial charge in [-0.1, -0.05) is 11.6 Å². The molecular formula is C13H9ClFNO3. The van der Waals surface area contributed by atoms with Gasteiger partial charge in [0.1, 0.15) is 23.9 Å². The highest BCUT2D eigenvalue weighted by atomic mass is 35.5. The van der Waals surface area contributed by atoms with Crippen molar-refractivity contribution in [2.45, 2.75) is 6.61 Å². The van der Waals surface area contributed by atoms with Gasteiger partial charge in [-0.3, -0.25) is 0 Å². The molecule has 0 amide bonds. The molecule has 98 valence electrons. The minimum Gasteiger partial charge on any atom is -0.489 e. The molecule has 1 aromatic heterocycles. The molecule has 0 aliphatic heterocycles. The van der Waals surface area contributed by atoms with Crippen molar-refractivity contribution in [2.24, 2.45) is 0 Å². The van der Waals surface area contributed by atoms with Gasteiger partial charge in [0, 0.05) is 12.3 Å². The normalized spacial score (nSPS) is 10.2. The van der Waals surface area contributed by atoms with Crippen LogP contribution in [0.4, 0.5) is 4.39 Å². The second-order valence-corrected chi connectivity index (χ2v) is 4.13. The summed E-state index contributed by atoms with van der Waals surface area (Å²) in [5.41, 5.74) is 0.561. The number of aromatic nitrogens is 1. The second-order valence-electron chi connectivity index (χ2n) is 3.72. The molecule has 0 atom stereocenters. The molecule has 0 saturated carbocycles. The first-order chi connectivity index (χ1) is 9.06. The SMILES string of the molecule is O=C(O)c1cc(COc2ccc(Cl)c(F)c2)ccn1. The van der Waals surface area contributed by atoms with E-state index in [-0.39, 0.29) is 17.3 Å².